The molecule has 0 radical (unpaired) electrons. The van der Waals surface area contributed by atoms with Gasteiger partial charge >= 0.3 is 0 Å². The van der Waals surface area contributed by atoms with Crippen LogP contribution in [0.25, 0.3) is 0 Å². The molecule has 1 heterocycles. The highest BCUT2D eigenvalue weighted by Crippen LogP contribution is 2.28. The Morgan fingerprint density at radius 2 is 2.25 bits per heavy atom. The standard InChI is InChI=1S/C16H24ClNO2/c1-3-8-20-16-5-4-12(10-14(16)17)9-13-11-18(2)7-6-15(13)19/h4-5,10,13,15,19H,3,6-9,11H2,1-2H3. The second kappa shape index (κ2) is 7.30. The van der Waals surface area contributed by atoms with Crippen molar-refractivity contribution in [2.24, 2.45) is 5.92 Å². The highest BCUT2D eigenvalue weighted by molar-refractivity contribution is 6.32. The molecule has 3 nitrogen and oxygen atoms in total. The average Bonchev–Trinajstić information content (AvgIpc) is 2.42. The van der Waals surface area contributed by atoms with Crippen LogP contribution in [0.3, 0.4) is 0 Å². The maximum Gasteiger partial charge on any atom is 0.137 e. The third kappa shape index (κ3) is 4.11. The first-order valence-corrected chi connectivity index (χ1v) is 7.75. The molecule has 1 aromatic rings. The lowest BCUT2D eigenvalue weighted by molar-refractivity contribution is 0.0366. The van der Waals surface area contributed by atoms with Crippen LogP contribution >= 0.6 is 11.6 Å². The molecule has 0 aliphatic carbocycles. The van der Waals surface area contributed by atoms with Crippen LogP contribution in [0.1, 0.15) is 25.3 Å². The van der Waals surface area contributed by atoms with Gasteiger partial charge < -0.3 is 14.7 Å². The van der Waals surface area contributed by atoms with Crippen LogP contribution in [-0.4, -0.2) is 42.9 Å². The number of hydrogen-bond donors (Lipinski definition) is 1. The van der Waals surface area contributed by atoms with Gasteiger partial charge in [-0.2, -0.15) is 0 Å². The fourth-order valence-electron chi connectivity index (χ4n) is 2.71. The van der Waals surface area contributed by atoms with Crippen molar-refractivity contribution in [2.75, 3.05) is 26.7 Å². The number of piperidine rings is 1. The van der Waals surface area contributed by atoms with Gasteiger partial charge in [-0.1, -0.05) is 24.6 Å². The van der Waals surface area contributed by atoms with Crippen LogP contribution in [0, 0.1) is 5.92 Å². The van der Waals surface area contributed by atoms with Crippen molar-refractivity contribution >= 4 is 11.6 Å². The molecule has 20 heavy (non-hydrogen) atoms. The van der Waals surface area contributed by atoms with Crippen LogP contribution in [0.5, 0.6) is 5.75 Å². The summed E-state index contributed by atoms with van der Waals surface area (Å²) in [7, 11) is 2.10. The topological polar surface area (TPSA) is 32.7 Å². The van der Waals surface area contributed by atoms with E-state index in [1.165, 1.54) is 0 Å². The number of aliphatic hydroxyl groups is 1. The molecule has 0 spiro atoms. The Balaban J connectivity index is 2.00. The van der Waals surface area contributed by atoms with Crippen molar-refractivity contribution in [3.63, 3.8) is 0 Å². The second-order valence-corrected chi connectivity index (χ2v) is 6.10. The number of halogens is 1. The van der Waals surface area contributed by atoms with E-state index < -0.39 is 0 Å². The number of nitrogens with zero attached hydrogens (tertiary/aromatic N) is 1. The van der Waals surface area contributed by atoms with E-state index in [9.17, 15) is 5.11 Å². The zero-order chi connectivity index (χ0) is 14.5. The number of benzene rings is 1. The lowest BCUT2D eigenvalue weighted by Crippen LogP contribution is -2.41. The predicted molar refractivity (Wildman–Crippen MR) is 82.6 cm³/mol. The molecule has 4 heteroatoms. The Labute approximate surface area is 126 Å². The molecule has 1 aliphatic heterocycles. The van der Waals surface area contributed by atoms with Crippen LogP contribution in [0.4, 0.5) is 0 Å². The summed E-state index contributed by atoms with van der Waals surface area (Å²) in [6, 6.07) is 5.96. The van der Waals surface area contributed by atoms with Gasteiger partial charge in [0.05, 0.1) is 17.7 Å². The molecule has 2 rings (SSSR count). The van der Waals surface area contributed by atoms with E-state index in [0.717, 1.165) is 43.7 Å². The van der Waals surface area contributed by atoms with Crippen molar-refractivity contribution in [3.8, 4) is 5.75 Å². The maximum absolute atomic E-state index is 10.1. The molecule has 2 atom stereocenters. The Kier molecular flexibility index (Phi) is 5.70. The highest BCUT2D eigenvalue weighted by Gasteiger charge is 2.26. The second-order valence-electron chi connectivity index (χ2n) is 5.70. The summed E-state index contributed by atoms with van der Waals surface area (Å²) in [5, 5.41) is 10.8. The molecule has 1 aromatic carbocycles. The van der Waals surface area contributed by atoms with E-state index in [-0.39, 0.29) is 12.0 Å². The molecule has 2 unspecified atom stereocenters. The fraction of sp³-hybridized carbons (Fsp3) is 0.625. The number of likely N-dealkylation sites (tertiary alicyclic amines) is 1. The maximum atomic E-state index is 10.1. The van der Waals surface area contributed by atoms with E-state index >= 15 is 0 Å². The van der Waals surface area contributed by atoms with Gasteiger partial charge in [-0.3, -0.25) is 0 Å². The minimum Gasteiger partial charge on any atom is -0.492 e. The predicted octanol–water partition coefficient (Wildman–Crippen LogP) is 2.98. The van der Waals surface area contributed by atoms with E-state index in [2.05, 4.69) is 24.9 Å². The normalized spacial score (nSPS) is 23.8. The van der Waals surface area contributed by atoms with Crippen LogP contribution < -0.4 is 4.74 Å². The van der Waals surface area contributed by atoms with Crippen LogP contribution in [-0.2, 0) is 6.42 Å². The Hall–Kier alpha value is -0.770. The SMILES string of the molecule is CCCOc1ccc(CC2CN(C)CCC2O)cc1Cl. The van der Waals surface area contributed by atoms with Gasteiger partial charge in [0.1, 0.15) is 5.75 Å². The molecule has 1 saturated heterocycles. The molecule has 0 saturated carbocycles. The number of ether oxygens (including phenoxy) is 1. The summed E-state index contributed by atoms with van der Waals surface area (Å²) in [6.07, 6.45) is 2.48. The summed E-state index contributed by atoms with van der Waals surface area (Å²) < 4.78 is 5.58. The first kappa shape index (κ1) is 15.6. The summed E-state index contributed by atoms with van der Waals surface area (Å²) in [5.74, 6) is 1.03. The van der Waals surface area contributed by atoms with Gasteiger partial charge in [-0.05, 0) is 44.0 Å². The van der Waals surface area contributed by atoms with E-state index in [1.807, 2.05) is 12.1 Å². The van der Waals surface area contributed by atoms with Gasteiger partial charge in [0.15, 0.2) is 0 Å². The van der Waals surface area contributed by atoms with E-state index in [0.29, 0.717) is 11.6 Å². The van der Waals surface area contributed by atoms with Crippen molar-refractivity contribution in [3.05, 3.63) is 28.8 Å². The molecule has 1 fully saturated rings. The lowest BCUT2D eigenvalue weighted by Gasteiger charge is -2.34. The monoisotopic (exact) mass is 297 g/mol. The molecular weight excluding hydrogens is 274 g/mol. The minimum absolute atomic E-state index is 0.207. The van der Waals surface area contributed by atoms with Crippen LogP contribution in [0.15, 0.2) is 18.2 Å². The van der Waals surface area contributed by atoms with Gasteiger partial charge in [0, 0.05) is 19.0 Å². The number of aliphatic hydroxyl groups excluding tert-OH is 1. The Morgan fingerprint density at radius 1 is 1.45 bits per heavy atom. The smallest absolute Gasteiger partial charge is 0.137 e. The van der Waals surface area contributed by atoms with Gasteiger partial charge in [-0.25, -0.2) is 0 Å². The summed E-state index contributed by atoms with van der Waals surface area (Å²) in [6.45, 7) is 4.67. The molecule has 0 bridgehead atoms. The third-order valence-corrected chi connectivity index (χ3v) is 4.15. The minimum atomic E-state index is -0.207. The summed E-state index contributed by atoms with van der Waals surface area (Å²) in [4.78, 5) is 2.28. The van der Waals surface area contributed by atoms with Gasteiger partial charge in [-0.15, -0.1) is 0 Å². The van der Waals surface area contributed by atoms with Crippen LogP contribution in [0.2, 0.25) is 5.02 Å². The lowest BCUT2D eigenvalue weighted by atomic mass is 9.89. The molecule has 0 amide bonds. The zero-order valence-corrected chi connectivity index (χ0v) is 13.1. The number of rotatable bonds is 5. The van der Waals surface area contributed by atoms with E-state index in [1.54, 1.807) is 0 Å². The first-order chi connectivity index (χ1) is 9.60. The molecule has 1 aliphatic rings. The third-order valence-electron chi connectivity index (χ3n) is 3.85. The fourth-order valence-corrected chi connectivity index (χ4v) is 2.96. The highest BCUT2D eigenvalue weighted by atomic mass is 35.5. The largest absolute Gasteiger partial charge is 0.492 e. The summed E-state index contributed by atoms with van der Waals surface area (Å²) in [5.41, 5.74) is 1.16. The van der Waals surface area contributed by atoms with Crippen molar-refractivity contribution in [1.82, 2.24) is 4.90 Å². The molecule has 1 N–H and O–H groups in total. The average molecular weight is 298 g/mol. The molecule has 0 aromatic heterocycles. The Bertz CT molecular complexity index is 438. The first-order valence-electron chi connectivity index (χ1n) is 7.38. The van der Waals surface area contributed by atoms with Crippen molar-refractivity contribution < 1.29 is 9.84 Å². The van der Waals surface area contributed by atoms with Crippen molar-refractivity contribution in [1.29, 1.82) is 0 Å². The van der Waals surface area contributed by atoms with E-state index in [4.69, 9.17) is 16.3 Å². The Morgan fingerprint density at radius 3 is 2.95 bits per heavy atom. The quantitative estimate of drug-likeness (QED) is 0.907. The summed E-state index contributed by atoms with van der Waals surface area (Å²) >= 11 is 6.25. The molecular formula is C16H24ClNO2. The van der Waals surface area contributed by atoms with Gasteiger partial charge in [0.2, 0.25) is 0 Å². The van der Waals surface area contributed by atoms with Crippen molar-refractivity contribution in [2.45, 2.75) is 32.3 Å². The number of hydrogen-bond acceptors (Lipinski definition) is 3. The van der Waals surface area contributed by atoms with Gasteiger partial charge in [0.25, 0.3) is 0 Å². The zero-order valence-electron chi connectivity index (χ0n) is 12.3. The molecule has 112 valence electrons.